The second-order valence-electron chi connectivity index (χ2n) is 9.64. The van der Waals surface area contributed by atoms with E-state index in [0.29, 0.717) is 0 Å². The Morgan fingerprint density at radius 2 is 0.884 bits per heavy atom. The molecule has 2 aliphatic rings. The molecule has 0 bridgehead atoms. The minimum Gasteiger partial charge on any atom is -0.463 e. The van der Waals surface area contributed by atoms with Gasteiger partial charge in [-0.05, 0) is 6.92 Å². The summed E-state index contributed by atoms with van der Waals surface area (Å²) in [5.74, 6) is -5.80. The quantitative estimate of drug-likeness (QED) is 0.225. The van der Waals surface area contributed by atoms with Crippen molar-refractivity contribution in [3.8, 4) is 0 Å². The second-order valence-corrected chi connectivity index (χ2v) is 9.64. The molecule has 17 nitrogen and oxygen atoms in total. The summed E-state index contributed by atoms with van der Waals surface area (Å²) >= 11 is 0. The number of carbonyl (C=O) groups excluding carboxylic acids is 7. The summed E-state index contributed by atoms with van der Waals surface area (Å²) in [6, 6.07) is 0. The van der Waals surface area contributed by atoms with Crippen LogP contribution in [0.5, 0.6) is 0 Å². The zero-order valence-electron chi connectivity index (χ0n) is 24.9. The molecule has 2 saturated heterocycles. The number of esters is 7. The van der Waals surface area contributed by atoms with Crippen LogP contribution in [-0.4, -0.2) is 110 Å². The van der Waals surface area contributed by atoms with Gasteiger partial charge in [-0.3, -0.25) is 33.6 Å². The Hall–Kier alpha value is -3.83. The highest BCUT2D eigenvalue weighted by Gasteiger charge is 2.57. The van der Waals surface area contributed by atoms with Gasteiger partial charge in [0.1, 0.15) is 18.8 Å². The molecule has 0 aromatic heterocycles. The van der Waals surface area contributed by atoms with Gasteiger partial charge in [0, 0.05) is 48.5 Å². The van der Waals surface area contributed by atoms with Gasteiger partial charge in [0.2, 0.25) is 6.29 Å². The van der Waals surface area contributed by atoms with E-state index in [4.69, 9.17) is 47.4 Å². The highest BCUT2D eigenvalue weighted by atomic mass is 16.8. The molecule has 0 amide bonds. The van der Waals surface area contributed by atoms with E-state index in [1.54, 1.807) is 0 Å². The molecule has 0 aromatic rings. The molecule has 2 fully saturated rings. The maximum atomic E-state index is 12.2. The fourth-order valence-electron chi connectivity index (χ4n) is 4.51. The zero-order valence-corrected chi connectivity index (χ0v) is 24.9. The fourth-order valence-corrected chi connectivity index (χ4v) is 4.51. The number of ether oxygens (including phenoxy) is 10. The van der Waals surface area contributed by atoms with E-state index >= 15 is 0 Å². The summed E-state index contributed by atoms with van der Waals surface area (Å²) in [4.78, 5) is 83.8. The molecule has 0 spiro atoms. The van der Waals surface area contributed by atoms with E-state index in [-0.39, 0.29) is 0 Å². The van der Waals surface area contributed by atoms with Crippen molar-refractivity contribution in [1.29, 1.82) is 0 Å². The first kappa shape index (κ1) is 35.4. The minimum absolute atomic E-state index is 0.530. The molecule has 2 heterocycles. The highest BCUT2D eigenvalue weighted by Crippen LogP contribution is 2.35. The lowest BCUT2D eigenvalue weighted by molar-refractivity contribution is -0.355. The Morgan fingerprint density at radius 1 is 0.465 bits per heavy atom. The third kappa shape index (κ3) is 10.4. The van der Waals surface area contributed by atoms with Crippen LogP contribution >= 0.6 is 0 Å². The highest BCUT2D eigenvalue weighted by molar-refractivity contribution is 5.69. The van der Waals surface area contributed by atoms with Crippen LogP contribution < -0.4 is 0 Å². The van der Waals surface area contributed by atoms with Crippen LogP contribution in [0.15, 0.2) is 0 Å². The molecule has 0 N–H and O–H groups in total. The Balaban J connectivity index is 2.66. The van der Waals surface area contributed by atoms with E-state index in [1.807, 2.05) is 0 Å². The smallest absolute Gasteiger partial charge is 0.305 e. The summed E-state index contributed by atoms with van der Waals surface area (Å²) in [6.45, 7) is 8.39. The predicted octanol–water partition coefficient (Wildman–Crippen LogP) is -0.374. The SMILES string of the molecule is CC(=O)OC[C@H]1OC(OC(C)=O)[C@H](OC(C)=O)[C@@H](O[C@@H]2O[C@@H](C)[C@@H](OC(C)=O)[C@@H](OC(C)=O)[C@@H]2OC(C)=O)[C@@H]1OC(C)=O. The summed E-state index contributed by atoms with van der Waals surface area (Å²) in [5.41, 5.74) is 0. The van der Waals surface area contributed by atoms with Crippen LogP contribution in [0.25, 0.3) is 0 Å². The van der Waals surface area contributed by atoms with Crippen LogP contribution in [0.1, 0.15) is 55.4 Å². The van der Waals surface area contributed by atoms with Gasteiger partial charge in [0.25, 0.3) is 0 Å². The van der Waals surface area contributed by atoms with Crippen LogP contribution in [0.3, 0.4) is 0 Å². The zero-order chi connectivity index (χ0) is 32.6. The van der Waals surface area contributed by atoms with Gasteiger partial charge in [-0.2, -0.15) is 0 Å². The summed E-state index contributed by atoms with van der Waals surface area (Å²) in [5, 5.41) is 0. The predicted molar refractivity (Wildman–Crippen MR) is 134 cm³/mol. The molecule has 17 heteroatoms. The third-order valence-corrected chi connectivity index (χ3v) is 5.85. The Kier molecular flexibility index (Phi) is 12.8. The monoisotopic (exact) mass is 620 g/mol. The standard InChI is InChI=1S/C26H36O17/c1-10-19(36-12(3)28)21(38-14(5)30)23(39-15(6)31)25(35-10)43-22-20(37-13(4)29)18(9-34-11(2)27)42-26(41-17(8)33)24(22)40-16(7)32/h10,18-26H,9H2,1-8H3/t10-,18+,19+,20+,21+,22-,23-,24+,25-,26?/m0/s1. The molecular formula is C26H36O17. The number of hydrogen-bond donors (Lipinski definition) is 0. The fraction of sp³-hybridized carbons (Fsp3) is 0.731. The van der Waals surface area contributed by atoms with E-state index in [9.17, 15) is 33.6 Å². The van der Waals surface area contributed by atoms with Crippen molar-refractivity contribution in [2.24, 2.45) is 0 Å². The molecule has 0 aromatic carbocycles. The number of rotatable bonds is 10. The van der Waals surface area contributed by atoms with Crippen molar-refractivity contribution < 1.29 is 80.9 Å². The van der Waals surface area contributed by atoms with Gasteiger partial charge in [0.15, 0.2) is 36.8 Å². The summed E-state index contributed by atoms with van der Waals surface area (Å²) in [7, 11) is 0. The second kappa shape index (κ2) is 15.6. The first-order valence-corrected chi connectivity index (χ1v) is 13.1. The van der Waals surface area contributed by atoms with E-state index in [2.05, 4.69) is 0 Å². The lowest BCUT2D eigenvalue weighted by Crippen LogP contribution is -2.66. The summed E-state index contributed by atoms with van der Waals surface area (Å²) in [6.07, 6.45) is -14.8. The van der Waals surface area contributed by atoms with Crippen molar-refractivity contribution in [2.45, 2.75) is 117 Å². The molecule has 0 aliphatic carbocycles. The molecule has 0 radical (unpaired) electrons. The largest absolute Gasteiger partial charge is 0.463 e. The van der Waals surface area contributed by atoms with Gasteiger partial charge in [-0.25, -0.2) is 0 Å². The normalized spacial score (nSPS) is 31.9. The Morgan fingerprint density at radius 3 is 1.35 bits per heavy atom. The van der Waals surface area contributed by atoms with E-state index < -0.39 is 110 Å². The first-order chi connectivity index (χ1) is 20.0. The lowest BCUT2D eigenvalue weighted by Gasteiger charge is -2.48. The van der Waals surface area contributed by atoms with Gasteiger partial charge in [0.05, 0.1) is 6.10 Å². The number of carbonyl (C=O) groups is 7. The van der Waals surface area contributed by atoms with Crippen LogP contribution in [0.4, 0.5) is 0 Å². The molecule has 1 unspecified atom stereocenters. The third-order valence-electron chi connectivity index (χ3n) is 5.85. The van der Waals surface area contributed by atoms with Gasteiger partial charge in [-0.1, -0.05) is 0 Å². The molecule has 10 atom stereocenters. The first-order valence-electron chi connectivity index (χ1n) is 13.1. The maximum Gasteiger partial charge on any atom is 0.305 e. The van der Waals surface area contributed by atoms with Crippen LogP contribution in [0, 0.1) is 0 Å². The van der Waals surface area contributed by atoms with Gasteiger partial charge in [-0.15, -0.1) is 0 Å². The average Bonchev–Trinajstić information content (AvgIpc) is 2.84. The van der Waals surface area contributed by atoms with Gasteiger partial charge < -0.3 is 47.4 Å². The molecule has 242 valence electrons. The maximum absolute atomic E-state index is 12.2. The van der Waals surface area contributed by atoms with Crippen molar-refractivity contribution in [2.75, 3.05) is 6.61 Å². The Bertz CT molecular complexity index is 1060. The average molecular weight is 621 g/mol. The van der Waals surface area contributed by atoms with Crippen LogP contribution in [0.2, 0.25) is 0 Å². The molecule has 0 saturated carbocycles. The van der Waals surface area contributed by atoms with Crippen LogP contribution in [-0.2, 0) is 80.9 Å². The van der Waals surface area contributed by atoms with Crippen molar-refractivity contribution in [3.05, 3.63) is 0 Å². The number of hydrogen-bond acceptors (Lipinski definition) is 17. The molecule has 2 aliphatic heterocycles. The summed E-state index contributed by atoms with van der Waals surface area (Å²) < 4.78 is 54.9. The van der Waals surface area contributed by atoms with Gasteiger partial charge >= 0.3 is 41.8 Å². The van der Waals surface area contributed by atoms with Crippen molar-refractivity contribution >= 4 is 41.8 Å². The van der Waals surface area contributed by atoms with E-state index in [1.165, 1.54) is 6.92 Å². The Labute approximate surface area is 246 Å². The molecular weight excluding hydrogens is 584 g/mol. The van der Waals surface area contributed by atoms with E-state index in [0.717, 1.165) is 48.5 Å². The minimum atomic E-state index is -1.68. The lowest BCUT2D eigenvalue weighted by atomic mass is 9.96. The van der Waals surface area contributed by atoms with Crippen molar-refractivity contribution in [1.82, 2.24) is 0 Å². The topological polar surface area (TPSA) is 212 Å². The van der Waals surface area contributed by atoms with Crippen molar-refractivity contribution in [3.63, 3.8) is 0 Å². The molecule has 2 rings (SSSR count). The molecule has 43 heavy (non-hydrogen) atoms.